The molecule has 0 N–H and O–H groups in total. The van der Waals surface area contributed by atoms with Gasteiger partial charge < -0.3 is 0 Å². The molecular formula is C27H52OSn. The van der Waals surface area contributed by atoms with Gasteiger partial charge >= 0.3 is 198 Å². The van der Waals surface area contributed by atoms with Crippen LogP contribution < -0.4 is 0 Å². The first-order valence-corrected chi connectivity index (χ1v) is 14.8. The number of hydrogen-bond acceptors (Lipinski definition) is 1. The average molecular weight is 511 g/mol. The summed E-state index contributed by atoms with van der Waals surface area (Å²) in [4.78, 5) is 12.5. The summed E-state index contributed by atoms with van der Waals surface area (Å²) >= 11 is 0.767. The van der Waals surface area contributed by atoms with Crippen molar-refractivity contribution in [3.63, 3.8) is 0 Å². The summed E-state index contributed by atoms with van der Waals surface area (Å²) in [6.45, 7) is 6.84. The summed E-state index contributed by atoms with van der Waals surface area (Å²) in [7, 11) is 0. The molecule has 0 saturated heterocycles. The Morgan fingerprint density at radius 3 is 1.14 bits per heavy atom. The molecule has 0 aliphatic heterocycles. The maximum absolute atomic E-state index is 12.5. The Hall–Kier alpha value is 0.209. The Morgan fingerprint density at radius 2 is 0.793 bits per heavy atom. The van der Waals surface area contributed by atoms with E-state index in [4.69, 9.17) is 0 Å². The zero-order valence-electron chi connectivity index (χ0n) is 20.3. The minimum absolute atomic E-state index is 0.482. The molecule has 0 heterocycles. The van der Waals surface area contributed by atoms with E-state index in [-0.39, 0.29) is 0 Å². The van der Waals surface area contributed by atoms with Crippen LogP contribution in [0.25, 0.3) is 0 Å². The topological polar surface area (TPSA) is 17.1 Å². The molecule has 0 aliphatic carbocycles. The summed E-state index contributed by atoms with van der Waals surface area (Å²) in [5, 5.41) is 0. The summed E-state index contributed by atoms with van der Waals surface area (Å²) in [6.07, 6.45) is 27.6. The second kappa shape index (κ2) is 22.9. The Bertz CT molecular complexity index is 381. The van der Waals surface area contributed by atoms with Crippen molar-refractivity contribution in [1.82, 2.24) is 0 Å². The second-order valence-corrected chi connectivity index (χ2v) is 10.5. The van der Waals surface area contributed by atoms with E-state index in [9.17, 15) is 4.79 Å². The fourth-order valence-electron chi connectivity index (χ4n) is 4.22. The third-order valence-corrected chi connectivity index (χ3v) is 7.16. The summed E-state index contributed by atoms with van der Waals surface area (Å²) in [5.74, 6) is 0. The molecule has 0 unspecified atom stereocenters. The molecular weight excluding hydrogens is 459 g/mol. The van der Waals surface area contributed by atoms with E-state index in [0.29, 0.717) is 3.80 Å². The molecule has 0 aromatic rings. The van der Waals surface area contributed by atoms with Crippen molar-refractivity contribution in [2.24, 2.45) is 0 Å². The van der Waals surface area contributed by atoms with E-state index in [1.165, 1.54) is 134 Å². The molecule has 29 heavy (non-hydrogen) atoms. The van der Waals surface area contributed by atoms with Gasteiger partial charge in [0.15, 0.2) is 0 Å². The van der Waals surface area contributed by atoms with Gasteiger partial charge in [-0.1, -0.05) is 0 Å². The SMILES string of the molecule is CCCCCCCCC(CCCCCCCC)=C(CCCCCCCC)[C](=O)[SnH]. The molecule has 0 saturated carbocycles. The van der Waals surface area contributed by atoms with Crippen LogP contribution in [0.3, 0.4) is 0 Å². The first-order valence-electron chi connectivity index (χ1n) is 13.2. The summed E-state index contributed by atoms with van der Waals surface area (Å²) in [6, 6.07) is 0. The van der Waals surface area contributed by atoms with E-state index in [2.05, 4.69) is 20.8 Å². The molecule has 1 nitrogen and oxygen atoms in total. The number of hydrogen-bond donors (Lipinski definition) is 0. The minimum atomic E-state index is 0.482. The molecule has 0 aliphatic rings. The van der Waals surface area contributed by atoms with Gasteiger partial charge in [-0.25, -0.2) is 0 Å². The molecule has 2 radical (unpaired) electrons. The van der Waals surface area contributed by atoms with Gasteiger partial charge in [0, 0.05) is 0 Å². The van der Waals surface area contributed by atoms with E-state index in [0.717, 1.165) is 28.9 Å². The van der Waals surface area contributed by atoms with Crippen molar-refractivity contribution in [1.29, 1.82) is 0 Å². The number of rotatable bonds is 22. The van der Waals surface area contributed by atoms with Gasteiger partial charge in [0.1, 0.15) is 0 Å². The third-order valence-electron chi connectivity index (χ3n) is 6.17. The van der Waals surface area contributed by atoms with Crippen LogP contribution >= 0.6 is 0 Å². The molecule has 0 aromatic heterocycles. The second-order valence-electron chi connectivity index (χ2n) is 9.00. The molecule has 2 heteroatoms. The van der Waals surface area contributed by atoms with Crippen molar-refractivity contribution >= 4 is 26.3 Å². The number of carbonyl (C=O) groups excluding carboxylic acids is 1. The molecule has 0 aromatic carbocycles. The van der Waals surface area contributed by atoms with Gasteiger partial charge in [0.2, 0.25) is 0 Å². The molecule has 0 bridgehead atoms. The molecule has 170 valence electrons. The number of unbranched alkanes of at least 4 members (excludes halogenated alkanes) is 15. The average Bonchev–Trinajstić information content (AvgIpc) is 2.71. The normalized spacial score (nSPS) is 11.0. The van der Waals surface area contributed by atoms with Gasteiger partial charge in [-0.05, 0) is 0 Å². The molecule has 0 atom stereocenters. The maximum atomic E-state index is 12.5. The van der Waals surface area contributed by atoms with Crippen LogP contribution in [-0.4, -0.2) is 26.3 Å². The van der Waals surface area contributed by atoms with Crippen LogP contribution in [0.1, 0.15) is 156 Å². The van der Waals surface area contributed by atoms with E-state index >= 15 is 0 Å². The van der Waals surface area contributed by atoms with Crippen molar-refractivity contribution in [2.75, 3.05) is 0 Å². The predicted molar refractivity (Wildman–Crippen MR) is 133 cm³/mol. The molecule has 0 spiro atoms. The van der Waals surface area contributed by atoms with E-state index in [1.54, 1.807) is 5.57 Å². The van der Waals surface area contributed by atoms with Crippen molar-refractivity contribution in [2.45, 2.75) is 156 Å². The van der Waals surface area contributed by atoms with E-state index in [1.807, 2.05) is 0 Å². The zero-order chi connectivity index (χ0) is 21.6. The van der Waals surface area contributed by atoms with Gasteiger partial charge in [-0.3, -0.25) is 0 Å². The predicted octanol–water partition coefficient (Wildman–Crippen LogP) is 8.96. The fourth-order valence-corrected chi connectivity index (χ4v) is 5.22. The van der Waals surface area contributed by atoms with Gasteiger partial charge in [0.05, 0.1) is 0 Å². The molecule has 0 fully saturated rings. The zero-order valence-corrected chi connectivity index (χ0v) is 23.6. The van der Waals surface area contributed by atoms with Crippen molar-refractivity contribution < 1.29 is 4.79 Å². The van der Waals surface area contributed by atoms with Gasteiger partial charge in [-0.2, -0.15) is 0 Å². The Balaban J connectivity index is 4.60. The van der Waals surface area contributed by atoms with Crippen molar-refractivity contribution in [3.05, 3.63) is 11.1 Å². The first kappa shape index (κ1) is 29.2. The van der Waals surface area contributed by atoms with Crippen LogP contribution in [0.5, 0.6) is 0 Å². The summed E-state index contributed by atoms with van der Waals surface area (Å²) in [5.41, 5.74) is 2.83. The standard InChI is InChI=1S/C27H51O.Sn.H/c1-4-7-10-13-16-19-22-26(23-20-17-14-11-8-5-2)27(25-28)24-21-18-15-12-9-6-3;;/h4-24H2,1-3H3;;. The quantitative estimate of drug-likeness (QED) is 0.0806. The van der Waals surface area contributed by atoms with Crippen LogP contribution in [-0.2, 0) is 4.79 Å². The summed E-state index contributed by atoms with van der Waals surface area (Å²) < 4.78 is 0.482. The Labute approximate surface area is 197 Å². The third kappa shape index (κ3) is 18.7. The van der Waals surface area contributed by atoms with Crippen LogP contribution in [0.4, 0.5) is 0 Å². The van der Waals surface area contributed by atoms with E-state index < -0.39 is 0 Å². The van der Waals surface area contributed by atoms with Crippen LogP contribution in [0.15, 0.2) is 11.1 Å². The van der Waals surface area contributed by atoms with Gasteiger partial charge in [0.25, 0.3) is 0 Å². The van der Waals surface area contributed by atoms with Crippen LogP contribution in [0.2, 0.25) is 0 Å². The van der Waals surface area contributed by atoms with Crippen molar-refractivity contribution in [3.8, 4) is 0 Å². The van der Waals surface area contributed by atoms with Crippen LogP contribution in [0, 0.1) is 0 Å². The Morgan fingerprint density at radius 1 is 0.483 bits per heavy atom. The number of carbonyl (C=O) groups is 1. The first-order chi connectivity index (χ1) is 14.2. The Kier molecular flexibility index (Phi) is 23.0. The van der Waals surface area contributed by atoms with Gasteiger partial charge in [-0.15, -0.1) is 0 Å². The number of allylic oxidation sites excluding steroid dienone is 2. The monoisotopic (exact) mass is 512 g/mol. The fraction of sp³-hybridized carbons (Fsp3) is 0.889. The molecule has 0 amide bonds. The molecule has 0 rings (SSSR count).